The van der Waals surface area contributed by atoms with Crippen LogP contribution in [0.3, 0.4) is 0 Å². The molecular formula is C37H41ClF7N3O3Si. The minimum atomic E-state index is -4.81. The Morgan fingerprint density at radius 2 is 1.65 bits per heavy atom. The summed E-state index contributed by atoms with van der Waals surface area (Å²) in [6, 6.07) is 5.89. The minimum Gasteiger partial charge on any atom is -0.543 e. The molecule has 0 radical (unpaired) electrons. The predicted octanol–water partition coefficient (Wildman–Crippen LogP) is 11.0. The summed E-state index contributed by atoms with van der Waals surface area (Å²) in [6.45, 7) is 11.4. The molecule has 0 spiro atoms. The molecule has 0 amide bonds. The van der Waals surface area contributed by atoms with E-state index in [4.69, 9.17) is 25.5 Å². The third kappa shape index (κ3) is 6.90. The normalized spacial score (nSPS) is 19.8. The molecule has 3 heterocycles. The molecule has 282 valence electrons. The molecule has 15 heteroatoms. The molecule has 0 unspecified atom stereocenters. The standard InChI is InChI=1S/C37H41ClF7N3O3Si/c1-19(2)52(20(3)4,21(5)6)51-24-12-22-8-9-27(40)31(38)29(22)25(13-24)30-28(41)14-26-33(32(30)42)46-35(47-34(26)49-18-37(43,44)45)50-17-36-10-7-11-48(36)16-23(39)15-36/h8-9,12-14,19-21,23H,7,10-11,15-18H2,1-6H3/t23-,36+/m1/s1. The van der Waals surface area contributed by atoms with Crippen molar-refractivity contribution in [3.8, 4) is 28.8 Å². The molecule has 1 aromatic heterocycles. The number of rotatable bonds is 11. The van der Waals surface area contributed by atoms with E-state index >= 15 is 8.78 Å². The fraction of sp³-hybridized carbons (Fsp3) is 0.514. The lowest BCUT2D eigenvalue weighted by atomic mass is 9.95. The number of halogens is 8. The summed E-state index contributed by atoms with van der Waals surface area (Å²) < 4.78 is 120. The van der Waals surface area contributed by atoms with Crippen molar-refractivity contribution < 1.29 is 44.6 Å². The van der Waals surface area contributed by atoms with Crippen molar-refractivity contribution in [1.82, 2.24) is 14.9 Å². The smallest absolute Gasteiger partial charge is 0.422 e. The zero-order chi connectivity index (χ0) is 37.9. The molecule has 2 fully saturated rings. The summed E-state index contributed by atoms with van der Waals surface area (Å²) in [5.74, 6) is -3.79. The maximum atomic E-state index is 17.0. The van der Waals surface area contributed by atoms with Gasteiger partial charge in [0.25, 0.3) is 8.32 Å². The fourth-order valence-electron chi connectivity index (χ4n) is 8.55. The molecule has 2 saturated heterocycles. The summed E-state index contributed by atoms with van der Waals surface area (Å²) in [4.78, 5) is 10.1. The number of benzene rings is 3. The Bertz CT molecular complexity index is 1980. The van der Waals surface area contributed by atoms with Crippen LogP contribution in [0.25, 0.3) is 32.8 Å². The van der Waals surface area contributed by atoms with E-state index in [1.54, 1.807) is 6.07 Å². The largest absolute Gasteiger partial charge is 0.543 e. The lowest BCUT2D eigenvalue weighted by Crippen LogP contribution is -2.50. The summed E-state index contributed by atoms with van der Waals surface area (Å²) in [7, 11) is -2.62. The molecule has 6 nitrogen and oxygen atoms in total. The molecule has 0 bridgehead atoms. The van der Waals surface area contributed by atoms with Gasteiger partial charge < -0.3 is 13.9 Å². The van der Waals surface area contributed by atoms with E-state index in [2.05, 4.69) is 51.5 Å². The van der Waals surface area contributed by atoms with Gasteiger partial charge in [0, 0.05) is 23.9 Å². The molecule has 2 atom stereocenters. The van der Waals surface area contributed by atoms with Gasteiger partial charge in [-0.15, -0.1) is 0 Å². The van der Waals surface area contributed by atoms with E-state index < -0.39 is 78.6 Å². The van der Waals surface area contributed by atoms with Crippen LogP contribution in [-0.4, -0.2) is 67.4 Å². The van der Waals surface area contributed by atoms with E-state index in [0.717, 1.165) is 18.6 Å². The Labute approximate surface area is 303 Å². The summed E-state index contributed by atoms with van der Waals surface area (Å²) in [5, 5.41) is -0.526. The van der Waals surface area contributed by atoms with Crippen molar-refractivity contribution in [1.29, 1.82) is 0 Å². The van der Waals surface area contributed by atoms with Crippen LogP contribution in [-0.2, 0) is 0 Å². The third-order valence-corrected chi connectivity index (χ3v) is 17.1. The van der Waals surface area contributed by atoms with E-state index in [1.165, 1.54) is 12.1 Å². The third-order valence-electron chi connectivity index (χ3n) is 10.7. The van der Waals surface area contributed by atoms with Crippen molar-refractivity contribution in [2.24, 2.45) is 0 Å². The number of ether oxygens (including phenoxy) is 2. The maximum absolute atomic E-state index is 17.0. The maximum Gasteiger partial charge on any atom is 0.422 e. The van der Waals surface area contributed by atoms with Crippen LogP contribution >= 0.6 is 11.6 Å². The van der Waals surface area contributed by atoms with Gasteiger partial charge in [0.05, 0.1) is 21.5 Å². The average Bonchev–Trinajstić information content (AvgIpc) is 3.58. The number of hydrogen-bond donors (Lipinski definition) is 0. The Morgan fingerprint density at radius 3 is 2.31 bits per heavy atom. The lowest BCUT2D eigenvalue weighted by Gasteiger charge is -2.42. The Balaban J connectivity index is 1.54. The number of alkyl halides is 4. The number of fused-ring (bicyclic) bond motifs is 3. The van der Waals surface area contributed by atoms with E-state index in [1.807, 2.05) is 4.90 Å². The number of hydrogen-bond acceptors (Lipinski definition) is 6. The highest BCUT2D eigenvalue weighted by Crippen LogP contribution is 2.47. The molecule has 4 aromatic rings. The summed E-state index contributed by atoms with van der Waals surface area (Å²) in [5.41, 5.74) is -1.68. The summed E-state index contributed by atoms with van der Waals surface area (Å²) >= 11 is 6.48. The molecule has 52 heavy (non-hydrogen) atoms. The molecule has 6 rings (SSSR count). The molecule has 2 aliphatic rings. The van der Waals surface area contributed by atoms with Crippen molar-refractivity contribution in [3.63, 3.8) is 0 Å². The second-order valence-corrected chi connectivity index (χ2v) is 20.6. The predicted molar refractivity (Wildman–Crippen MR) is 189 cm³/mol. The minimum absolute atomic E-state index is 0.00131. The van der Waals surface area contributed by atoms with Gasteiger partial charge in [-0.3, -0.25) is 4.90 Å². The van der Waals surface area contributed by atoms with Crippen molar-refractivity contribution in [2.45, 2.75) is 95.3 Å². The van der Waals surface area contributed by atoms with Gasteiger partial charge in [0.15, 0.2) is 12.4 Å². The highest BCUT2D eigenvalue weighted by molar-refractivity contribution is 6.78. The monoisotopic (exact) mass is 771 g/mol. The van der Waals surface area contributed by atoms with Crippen LogP contribution in [0.5, 0.6) is 17.6 Å². The van der Waals surface area contributed by atoms with Crippen LogP contribution < -0.4 is 13.9 Å². The number of nitrogens with zero attached hydrogens (tertiary/aromatic N) is 3. The SMILES string of the molecule is CC(C)[Si](Oc1cc(-c2c(F)cc3c(OCC(F)(F)F)nc(OC[C@@]45CCCN4C[C@H](F)C5)nc3c2F)c2c(Cl)c(F)ccc2c1)(C(C)C)C(C)C. The van der Waals surface area contributed by atoms with Gasteiger partial charge in [0.2, 0.25) is 5.88 Å². The quantitative estimate of drug-likeness (QED) is 0.112. The van der Waals surface area contributed by atoms with Crippen molar-refractivity contribution in [2.75, 3.05) is 26.3 Å². The van der Waals surface area contributed by atoms with Gasteiger partial charge in [-0.1, -0.05) is 59.2 Å². The number of aromatic nitrogens is 2. The van der Waals surface area contributed by atoms with Crippen molar-refractivity contribution >= 4 is 41.6 Å². The first-order valence-electron chi connectivity index (χ1n) is 17.4. The second-order valence-electron chi connectivity index (χ2n) is 14.9. The first kappa shape index (κ1) is 38.4. The van der Waals surface area contributed by atoms with Crippen LogP contribution in [0.4, 0.5) is 30.7 Å². The van der Waals surface area contributed by atoms with Crippen LogP contribution in [0, 0.1) is 17.5 Å². The van der Waals surface area contributed by atoms with Crippen LogP contribution in [0.1, 0.15) is 60.8 Å². The Morgan fingerprint density at radius 1 is 0.962 bits per heavy atom. The zero-order valence-corrected chi connectivity index (χ0v) is 31.5. The molecule has 2 aliphatic heterocycles. The lowest BCUT2D eigenvalue weighted by molar-refractivity contribution is -0.153. The van der Waals surface area contributed by atoms with Gasteiger partial charge in [0.1, 0.15) is 35.7 Å². The van der Waals surface area contributed by atoms with E-state index in [9.17, 15) is 22.0 Å². The van der Waals surface area contributed by atoms with Gasteiger partial charge in [-0.25, -0.2) is 17.6 Å². The van der Waals surface area contributed by atoms with Gasteiger partial charge >= 0.3 is 12.2 Å². The average molecular weight is 772 g/mol. The Hall–Kier alpha value is -3.36. The molecule has 3 aromatic carbocycles. The van der Waals surface area contributed by atoms with Gasteiger partial charge in [-0.05, 0) is 65.7 Å². The first-order valence-corrected chi connectivity index (χ1v) is 19.9. The van der Waals surface area contributed by atoms with E-state index in [-0.39, 0.29) is 52.2 Å². The molecule has 0 N–H and O–H groups in total. The topological polar surface area (TPSA) is 56.7 Å². The van der Waals surface area contributed by atoms with Crippen LogP contribution in [0.2, 0.25) is 21.6 Å². The molecule has 0 aliphatic carbocycles. The molecule has 0 saturated carbocycles. The molecular weight excluding hydrogens is 731 g/mol. The highest BCUT2D eigenvalue weighted by atomic mass is 35.5. The van der Waals surface area contributed by atoms with Crippen LogP contribution in [0.15, 0.2) is 30.3 Å². The van der Waals surface area contributed by atoms with Gasteiger partial charge in [-0.2, -0.15) is 23.1 Å². The zero-order valence-electron chi connectivity index (χ0n) is 29.7. The highest BCUT2D eigenvalue weighted by Gasteiger charge is 2.50. The van der Waals surface area contributed by atoms with Crippen molar-refractivity contribution in [3.05, 3.63) is 52.8 Å². The Kier molecular flexibility index (Phi) is 10.4. The second kappa shape index (κ2) is 14.1. The summed E-state index contributed by atoms with van der Waals surface area (Å²) in [6.07, 6.45) is -4.31. The van der Waals surface area contributed by atoms with E-state index in [0.29, 0.717) is 24.1 Å². The first-order chi connectivity index (χ1) is 24.4. The fourth-order valence-corrected chi connectivity index (χ4v) is 14.1.